The van der Waals surface area contributed by atoms with Gasteiger partial charge in [-0.1, -0.05) is 13.8 Å². The number of nitrogens with one attached hydrogen (secondary N) is 1. The summed E-state index contributed by atoms with van der Waals surface area (Å²) >= 11 is 0. The van der Waals surface area contributed by atoms with Gasteiger partial charge in [0.05, 0.1) is 6.61 Å². The molecule has 0 aromatic carbocycles. The first kappa shape index (κ1) is 12.3. The summed E-state index contributed by atoms with van der Waals surface area (Å²) in [6.45, 7) is 4.43. The van der Waals surface area contributed by atoms with Crippen molar-refractivity contribution >= 4 is 6.09 Å². The average Bonchev–Trinajstić information content (AvgIpc) is 2.20. The summed E-state index contributed by atoms with van der Waals surface area (Å²) in [4.78, 5) is 11.2. The van der Waals surface area contributed by atoms with Crippen LogP contribution >= 0.6 is 0 Å². The molecule has 4 heteroatoms. The Balaban J connectivity index is 2.24. The average molecular weight is 215 g/mol. The van der Waals surface area contributed by atoms with Crippen molar-refractivity contribution < 1.29 is 14.6 Å². The second kappa shape index (κ2) is 5.95. The monoisotopic (exact) mass is 215 g/mol. The molecular formula is C11H21NO3. The summed E-state index contributed by atoms with van der Waals surface area (Å²) in [5.41, 5.74) is 0. The number of hydrogen-bond donors (Lipinski definition) is 2. The molecule has 1 amide bonds. The van der Waals surface area contributed by atoms with Crippen LogP contribution in [0.5, 0.6) is 0 Å². The first-order valence-corrected chi connectivity index (χ1v) is 5.67. The Hall–Kier alpha value is -0.770. The molecule has 0 bridgehead atoms. The van der Waals surface area contributed by atoms with E-state index in [4.69, 9.17) is 9.84 Å². The van der Waals surface area contributed by atoms with E-state index in [-0.39, 0.29) is 19.3 Å². The first-order chi connectivity index (χ1) is 7.13. The van der Waals surface area contributed by atoms with Gasteiger partial charge >= 0.3 is 6.09 Å². The number of aliphatic hydroxyl groups excluding tert-OH is 1. The molecule has 0 heterocycles. The van der Waals surface area contributed by atoms with Gasteiger partial charge in [-0.3, -0.25) is 0 Å². The fraction of sp³-hybridized carbons (Fsp3) is 0.909. The molecule has 1 aliphatic carbocycles. The number of carbonyl (C=O) groups excluding carboxylic acids is 1. The van der Waals surface area contributed by atoms with E-state index in [0.29, 0.717) is 5.92 Å². The number of aliphatic hydroxyl groups is 1. The zero-order valence-corrected chi connectivity index (χ0v) is 9.53. The smallest absolute Gasteiger partial charge is 0.407 e. The topological polar surface area (TPSA) is 58.6 Å². The highest BCUT2D eigenvalue weighted by molar-refractivity contribution is 5.67. The molecule has 1 saturated carbocycles. The van der Waals surface area contributed by atoms with Gasteiger partial charge in [0.1, 0.15) is 6.61 Å². The van der Waals surface area contributed by atoms with Gasteiger partial charge in [-0.15, -0.1) is 0 Å². The lowest BCUT2D eigenvalue weighted by molar-refractivity contribution is 0.110. The van der Waals surface area contributed by atoms with Crippen LogP contribution in [0.3, 0.4) is 0 Å². The van der Waals surface area contributed by atoms with Crippen LogP contribution in [-0.2, 0) is 4.74 Å². The van der Waals surface area contributed by atoms with Crippen LogP contribution in [0.4, 0.5) is 4.79 Å². The van der Waals surface area contributed by atoms with Crippen LogP contribution < -0.4 is 5.32 Å². The van der Waals surface area contributed by atoms with Gasteiger partial charge in [-0.2, -0.15) is 0 Å². The molecule has 1 aliphatic rings. The van der Waals surface area contributed by atoms with Crippen molar-refractivity contribution in [3.05, 3.63) is 0 Å². The van der Waals surface area contributed by atoms with Gasteiger partial charge in [0, 0.05) is 6.04 Å². The summed E-state index contributed by atoms with van der Waals surface area (Å²) < 4.78 is 4.76. The molecule has 0 aromatic heterocycles. The summed E-state index contributed by atoms with van der Waals surface area (Å²) in [6, 6.07) is 0.238. The second-order valence-corrected chi connectivity index (χ2v) is 4.47. The number of hydrogen-bond acceptors (Lipinski definition) is 3. The van der Waals surface area contributed by atoms with E-state index < -0.39 is 6.09 Å². The molecule has 0 radical (unpaired) electrons. The maximum Gasteiger partial charge on any atom is 0.407 e. The summed E-state index contributed by atoms with van der Waals surface area (Å²) in [5.74, 6) is 1.40. The van der Waals surface area contributed by atoms with Gasteiger partial charge in [-0.25, -0.2) is 4.79 Å². The zero-order chi connectivity index (χ0) is 11.3. The second-order valence-electron chi connectivity index (χ2n) is 4.47. The number of amides is 1. The van der Waals surface area contributed by atoms with E-state index in [1.54, 1.807) is 0 Å². The predicted molar refractivity (Wildman–Crippen MR) is 57.5 cm³/mol. The van der Waals surface area contributed by atoms with E-state index in [0.717, 1.165) is 25.2 Å². The third kappa shape index (κ3) is 4.08. The third-order valence-corrected chi connectivity index (χ3v) is 3.24. The molecule has 4 nitrogen and oxygen atoms in total. The van der Waals surface area contributed by atoms with Gasteiger partial charge in [-0.05, 0) is 31.1 Å². The van der Waals surface area contributed by atoms with Crippen LogP contribution in [0, 0.1) is 11.8 Å². The number of alkyl carbamates (subject to hydrolysis) is 1. The lowest BCUT2D eigenvalue weighted by Crippen LogP contribution is -2.40. The van der Waals surface area contributed by atoms with Crippen molar-refractivity contribution in [2.24, 2.45) is 11.8 Å². The SMILES string of the molecule is CC1CCC(NC(=O)OCCO)CC1C. The van der Waals surface area contributed by atoms with Crippen molar-refractivity contribution in [2.45, 2.75) is 39.2 Å². The van der Waals surface area contributed by atoms with Crippen LogP contribution in [0.2, 0.25) is 0 Å². The van der Waals surface area contributed by atoms with Gasteiger partial charge in [0.25, 0.3) is 0 Å². The molecule has 88 valence electrons. The Morgan fingerprint density at radius 1 is 1.40 bits per heavy atom. The molecule has 2 N–H and O–H groups in total. The summed E-state index contributed by atoms with van der Waals surface area (Å²) in [5, 5.41) is 11.3. The van der Waals surface area contributed by atoms with E-state index in [1.165, 1.54) is 0 Å². The fourth-order valence-electron chi connectivity index (χ4n) is 2.03. The van der Waals surface area contributed by atoms with Gasteiger partial charge in [0.15, 0.2) is 0 Å². The number of carbonyl (C=O) groups is 1. The highest BCUT2D eigenvalue weighted by atomic mass is 16.6. The minimum Gasteiger partial charge on any atom is -0.447 e. The van der Waals surface area contributed by atoms with Crippen LogP contribution in [-0.4, -0.2) is 30.5 Å². The molecule has 0 spiro atoms. The Morgan fingerprint density at radius 3 is 2.73 bits per heavy atom. The van der Waals surface area contributed by atoms with Crippen molar-refractivity contribution in [1.82, 2.24) is 5.32 Å². The van der Waals surface area contributed by atoms with Crippen LogP contribution in [0.25, 0.3) is 0 Å². The molecular weight excluding hydrogens is 194 g/mol. The molecule has 1 rings (SSSR count). The van der Waals surface area contributed by atoms with Crippen LogP contribution in [0.1, 0.15) is 33.1 Å². The van der Waals surface area contributed by atoms with E-state index in [2.05, 4.69) is 19.2 Å². The lowest BCUT2D eigenvalue weighted by Gasteiger charge is -2.32. The van der Waals surface area contributed by atoms with Crippen molar-refractivity contribution in [2.75, 3.05) is 13.2 Å². The van der Waals surface area contributed by atoms with E-state index >= 15 is 0 Å². The minimum absolute atomic E-state index is 0.0739. The summed E-state index contributed by atoms with van der Waals surface area (Å²) in [7, 11) is 0. The zero-order valence-electron chi connectivity index (χ0n) is 9.53. The predicted octanol–water partition coefficient (Wildman–Crippen LogP) is 1.53. The maximum atomic E-state index is 11.2. The molecule has 0 aromatic rings. The highest BCUT2D eigenvalue weighted by Crippen LogP contribution is 2.29. The molecule has 15 heavy (non-hydrogen) atoms. The maximum absolute atomic E-state index is 11.2. The highest BCUT2D eigenvalue weighted by Gasteiger charge is 2.25. The van der Waals surface area contributed by atoms with Crippen molar-refractivity contribution in [1.29, 1.82) is 0 Å². The molecule has 3 atom stereocenters. The molecule has 0 saturated heterocycles. The standard InChI is InChI=1S/C11H21NO3/c1-8-3-4-10(7-9(8)2)12-11(14)15-6-5-13/h8-10,13H,3-7H2,1-2H3,(H,12,14). The van der Waals surface area contributed by atoms with Crippen molar-refractivity contribution in [3.63, 3.8) is 0 Å². The quantitative estimate of drug-likeness (QED) is 0.750. The Morgan fingerprint density at radius 2 is 2.13 bits per heavy atom. The van der Waals surface area contributed by atoms with E-state index in [9.17, 15) is 4.79 Å². The number of ether oxygens (including phenoxy) is 1. The van der Waals surface area contributed by atoms with E-state index in [1.807, 2.05) is 0 Å². The number of rotatable bonds is 3. The largest absolute Gasteiger partial charge is 0.447 e. The Kier molecular flexibility index (Phi) is 4.88. The molecule has 0 aliphatic heterocycles. The molecule has 1 fully saturated rings. The Bertz CT molecular complexity index is 208. The van der Waals surface area contributed by atoms with Gasteiger partial charge in [0.2, 0.25) is 0 Å². The van der Waals surface area contributed by atoms with Crippen LogP contribution in [0.15, 0.2) is 0 Å². The van der Waals surface area contributed by atoms with Crippen molar-refractivity contribution in [3.8, 4) is 0 Å². The fourth-order valence-corrected chi connectivity index (χ4v) is 2.03. The minimum atomic E-state index is -0.407. The van der Waals surface area contributed by atoms with Gasteiger partial charge < -0.3 is 15.2 Å². The normalized spacial score (nSPS) is 31.0. The molecule has 3 unspecified atom stereocenters. The Labute approximate surface area is 91.0 Å². The first-order valence-electron chi connectivity index (χ1n) is 5.67. The summed E-state index contributed by atoms with van der Waals surface area (Å²) in [6.07, 6.45) is 2.80. The third-order valence-electron chi connectivity index (χ3n) is 3.24. The lowest BCUT2D eigenvalue weighted by atomic mass is 9.79.